The number of allylic oxidation sites excluding steroid dienone is 1. The Morgan fingerprint density at radius 3 is 2.10 bits per heavy atom. The number of alkyl halides is 9. The molecule has 2 unspecified atom stereocenters. The number of carbonyl (C=O) groups is 2. The number of benzene rings is 2. The summed E-state index contributed by atoms with van der Waals surface area (Å²) in [6, 6.07) is 2.51. The predicted molar refractivity (Wildman–Crippen MR) is 126 cm³/mol. The average molecular weight is 609 g/mol. The quantitative estimate of drug-likeness (QED) is 0.320. The molecule has 0 aliphatic heterocycles. The third-order valence-corrected chi connectivity index (χ3v) is 6.12. The van der Waals surface area contributed by atoms with Crippen molar-refractivity contribution in [1.29, 1.82) is 0 Å². The number of halogens is 11. The maximum Gasteiger partial charge on any atom is 0.417 e. The van der Waals surface area contributed by atoms with Crippen molar-refractivity contribution in [3.63, 3.8) is 0 Å². The van der Waals surface area contributed by atoms with Crippen molar-refractivity contribution in [1.82, 2.24) is 10.6 Å². The fourth-order valence-corrected chi connectivity index (χ4v) is 3.71. The molecule has 0 radical (unpaired) electrons. The first kappa shape index (κ1) is 32.3. The number of hydrogen-bond acceptors (Lipinski definition) is 2. The molecule has 2 rings (SSSR count). The van der Waals surface area contributed by atoms with Crippen LogP contribution in [0.15, 0.2) is 36.4 Å². The summed E-state index contributed by atoms with van der Waals surface area (Å²) in [5.74, 6) is -5.00. The zero-order chi connectivity index (χ0) is 29.9. The second-order valence-corrected chi connectivity index (χ2v) is 9.13. The first-order chi connectivity index (χ1) is 17.7. The lowest BCUT2D eigenvalue weighted by Crippen LogP contribution is -2.47. The Kier molecular flexibility index (Phi) is 9.99. The molecule has 39 heavy (non-hydrogen) atoms. The number of aryl methyl sites for hydroxylation is 1. The van der Waals surface area contributed by atoms with Gasteiger partial charge in [-0.3, -0.25) is 9.59 Å². The van der Waals surface area contributed by atoms with Gasteiger partial charge >= 0.3 is 18.5 Å². The first-order valence-corrected chi connectivity index (χ1v) is 11.5. The van der Waals surface area contributed by atoms with Gasteiger partial charge in [-0.1, -0.05) is 47.5 Å². The largest absolute Gasteiger partial charge is 0.417 e. The van der Waals surface area contributed by atoms with Crippen LogP contribution in [0.3, 0.4) is 0 Å². The Morgan fingerprint density at radius 2 is 1.59 bits per heavy atom. The number of hydrogen-bond donors (Lipinski definition) is 2. The van der Waals surface area contributed by atoms with Crippen LogP contribution in [-0.2, 0) is 11.0 Å². The maximum atomic E-state index is 13.8. The molecule has 0 aliphatic rings. The Balaban J connectivity index is 2.37. The summed E-state index contributed by atoms with van der Waals surface area (Å²) in [5.41, 5.74) is -2.95. The van der Waals surface area contributed by atoms with Crippen molar-refractivity contribution < 1.29 is 49.1 Å². The van der Waals surface area contributed by atoms with E-state index >= 15 is 0 Å². The molecular formula is C24H19Cl2F9N2O2. The molecule has 2 amide bonds. The summed E-state index contributed by atoms with van der Waals surface area (Å²) in [6.07, 6.45) is -13.4. The highest BCUT2D eigenvalue weighted by atomic mass is 35.5. The highest BCUT2D eigenvalue weighted by Gasteiger charge is 2.40. The molecule has 2 aromatic carbocycles. The van der Waals surface area contributed by atoms with Gasteiger partial charge in [-0.25, -0.2) is 0 Å². The standard InChI is InChI=1S/C24H19Cl2F9N2O2/c1-11-7-14(9-18(25)19(11)26)16(23(30,31)32)6-4-13-3-5-15(17(8-13)24(33,34)35)21(39)37-12(2)20(38)36-10-22(27,28)29/h3-9,12,16H,10H2,1-2H3,(H,36,38)(H,37,39). The molecule has 2 aromatic rings. The Hall–Kier alpha value is -2.93. The minimum absolute atomic E-state index is 0.0427. The van der Waals surface area contributed by atoms with Gasteiger partial charge in [0.05, 0.1) is 27.1 Å². The molecule has 0 fully saturated rings. The lowest BCUT2D eigenvalue weighted by Gasteiger charge is -2.19. The van der Waals surface area contributed by atoms with Gasteiger partial charge in [0.25, 0.3) is 5.91 Å². The zero-order valence-corrected chi connectivity index (χ0v) is 21.4. The third-order valence-electron chi connectivity index (χ3n) is 5.22. The van der Waals surface area contributed by atoms with Crippen LogP contribution in [0.4, 0.5) is 39.5 Å². The van der Waals surface area contributed by atoms with E-state index in [0.29, 0.717) is 18.2 Å². The van der Waals surface area contributed by atoms with Crippen LogP contribution in [0.2, 0.25) is 10.0 Å². The molecule has 0 aliphatic carbocycles. The number of amides is 2. The lowest BCUT2D eigenvalue weighted by molar-refractivity contribution is -0.139. The smallest absolute Gasteiger partial charge is 0.345 e. The van der Waals surface area contributed by atoms with E-state index in [2.05, 4.69) is 0 Å². The minimum atomic E-state index is -5.15. The van der Waals surface area contributed by atoms with E-state index in [-0.39, 0.29) is 26.7 Å². The average Bonchev–Trinajstić information content (AvgIpc) is 2.78. The second-order valence-electron chi connectivity index (χ2n) is 8.34. The highest BCUT2D eigenvalue weighted by molar-refractivity contribution is 6.42. The van der Waals surface area contributed by atoms with Gasteiger partial charge in [-0.05, 0) is 48.7 Å². The monoisotopic (exact) mass is 608 g/mol. The Labute approximate surface area is 226 Å². The topological polar surface area (TPSA) is 58.2 Å². The molecule has 0 saturated heterocycles. The molecule has 2 atom stereocenters. The Bertz CT molecular complexity index is 1230. The predicted octanol–water partition coefficient (Wildman–Crippen LogP) is 7.48. The summed E-state index contributed by atoms with van der Waals surface area (Å²) >= 11 is 11.8. The number of rotatable bonds is 7. The molecule has 0 heterocycles. The van der Waals surface area contributed by atoms with E-state index in [1.165, 1.54) is 12.2 Å². The van der Waals surface area contributed by atoms with E-state index in [0.717, 1.165) is 31.2 Å². The van der Waals surface area contributed by atoms with Crippen LogP contribution in [0, 0.1) is 6.92 Å². The molecule has 0 bridgehead atoms. The Morgan fingerprint density at radius 1 is 0.974 bits per heavy atom. The van der Waals surface area contributed by atoms with E-state index in [4.69, 9.17) is 23.2 Å². The summed E-state index contributed by atoms with van der Waals surface area (Å²) < 4.78 is 119. The van der Waals surface area contributed by atoms with E-state index in [9.17, 15) is 49.1 Å². The molecule has 0 aromatic heterocycles. The molecule has 2 N–H and O–H groups in total. The number of nitrogens with one attached hydrogen (secondary N) is 2. The van der Waals surface area contributed by atoms with Crippen molar-refractivity contribution in [2.24, 2.45) is 0 Å². The van der Waals surface area contributed by atoms with Gasteiger partial charge in [0, 0.05) is 0 Å². The third kappa shape index (κ3) is 9.06. The van der Waals surface area contributed by atoms with Crippen LogP contribution < -0.4 is 10.6 Å². The second kappa shape index (κ2) is 12.1. The fourth-order valence-electron chi connectivity index (χ4n) is 3.33. The molecular weight excluding hydrogens is 590 g/mol. The van der Waals surface area contributed by atoms with Gasteiger partial charge in [0.15, 0.2) is 0 Å². The molecule has 0 spiro atoms. The van der Waals surface area contributed by atoms with Crippen molar-refractivity contribution in [2.45, 2.75) is 44.3 Å². The normalized spacial score (nSPS) is 14.3. The lowest BCUT2D eigenvalue weighted by atomic mass is 9.95. The molecule has 4 nitrogen and oxygen atoms in total. The van der Waals surface area contributed by atoms with Crippen molar-refractivity contribution in [2.75, 3.05) is 6.54 Å². The minimum Gasteiger partial charge on any atom is -0.345 e. The summed E-state index contributed by atoms with van der Waals surface area (Å²) in [4.78, 5) is 24.1. The fraction of sp³-hybridized carbons (Fsp3) is 0.333. The van der Waals surface area contributed by atoms with Gasteiger partial charge < -0.3 is 10.6 Å². The molecule has 214 valence electrons. The van der Waals surface area contributed by atoms with E-state index in [1.54, 1.807) is 0 Å². The van der Waals surface area contributed by atoms with Crippen LogP contribution >= 0.6 is 23.2 Å². The molecule has 15 heteroatoms. The van der Waals surface area contributed by atoms with Gasteiger partial charge in [0.1, 0.15) is 12.6 Å². The van der Waals surface area contributed by atoms with E-state index in [1.807, 2.05) is 5.32 Å². The summed E-state index contributed by atoms with van der Waals surface area (Å²) in [6.45, 7) is 0.659. The summed E-state index contributed by atoms with van der Waals surface area (Å²) in [7, 11) is 0. The summed E-state index contributed by atoms with van der Waals surface area (Å²) in [5, 5.41) is 3.24. The first-order valence-electron chi connectivity index (χ1n) is 10.8. The van der Waals surface area contributed by atoms with E-state index < -0.39 is 60.0 Å². The SMILES string of the molecule is Cc1cc(C(C=Cc2ccc(C(=O)NC(C)C(=O)NCC(F)(F)F)c(C(F)(F)F)c2)C(F)(F)F)cc(Cl)c1Cl. The highest BCUT2D eigenvalue weighted by Crippen LogP contribution is 2.40. The van der Waals surface area contributed by atoms with Crippen molar-refractivity contribution >= 4 is 41.1 Å². The molecule has 0 saturated carbocycles. The number of carbonyl (C=O) groups excluding carboxylic acids is 2. The van der Waals surface area contributed by atoms with Crippen LogP contribution in [0.1, 0.15) is 45.5 Å². The van der Waals surface area contributed by atoms with Crippen LogP contribution in [0.5, 0.6) is 0 Å². The van der Waals surface area contributed by atoms with Crippen molar-refractivity contribution in [3.8, 4) is 0 Å². The zero-order valence-electron chi connectivity index (χ0n) is 19.9. The van der Waals surface area contributed by atoms with Gasteiger partial charge in [-0.2, -0.15) is 39.5 Å². The maximum absolute atomic E-state index is 13.8. The van der Waals surface area contributed by atoms with Crippen LogP contribution in [0.25, 0.3) is 6.08 Å². The van der Waals surface area contributed by atoms with Gasteiger partial charge in [-0.15, -0.1) is 0 Å². The van der Waals surface area contributed by atoms with Crippen molar-refractivity contribution in [3.05, 3.63) is 74.3 Å². The van der Waals surface area contributed by atoms with Crippen LogP contribution in [-0.4, -0.2) is 36.8 Å². The van der Waals surface area contributed by atoms with Gasteiger partial charge in [0.2, 0.25) is 5.91 Å².